The maximum atomic E-state index is 3.43. The molecule has 0 bridgehead atoms. The van der Waals surface area contributed by atoms with Gasteiger partial charge in [-0.1, -0.05) is 36.4 Å². The van der Waals surface area contributed by atoms with Gasteiger partial charge in [-0.15, -0.1) is 0 Å². The van der Waals surface area contributed by atoms with E-state index < -0.39 is 0 Å². The molecule has 0 radical (unpaired) electrons. The molecule has 0 amide bonds. The van der Waals surface area contributed by atoms with E-state index in [4.69, 9.17) is 0 Å². The summed E-state index contributed by atoms with van der Waals surface area (Å²) in [7, 11) is 0. The Morgan fingerprint density at radius 1 is 0.882 bits per heavy atom. The number of aryl methyl sites for hydroxylation is 2. The molecule has 0 heterocycles. The molecular weight excluding hydrogens is 206 g/mol. The quantitative estimate of drug-likeness (QED) is 0.830. The van der Waals surface area contributed by atoms with Gasteiger partial charge in [0.25, 0.3) is 0 Å². The summed E-state index contributed by atoms with van der Waals surface area (Å²) < 4.78 is 0. The van der Waals surface area contributed by atoms with Crippen LogP contribution in [-0.2, 0) is 6.42 Å². The van der Waals surface area contributed by atoms with Crippen LogP contribution in [0, 0.1) is 13.8 Å². The van der Waals surface area contributed by atoms with Gasteiger partial charge < -0.3 is 5.32 Å². The molecule has 0 saturated carbocycles. The predicted octanol–water partition coefficient (Wildman–Crippen LogP) is 3.96. The molecular formula is C16H19N. The van der Waals surface area contributed by atoms with Crippen molar-refractivity contribution >= 4 is 5.69 Å². The zero-order valence-electron chi connectivity index (χ0n) is 10.5. The highest BCUT2D eigenvalue weighted by atomic mass is 14.9. The highest BCUT2D eigenvalue weighted by molar-refractivity contribution is 5.42. The minimum absolute atomic E-state index is 0.979. The second kappa shape index (κ2) is 5.53. The molecule has 0 aliphatic heterocycles. The van der Waals surface area contributed by atoms with Crippen molar-refractivity contribution < 1.29 is 0 Å². The lowest BCUT2D eigenvalue weighted by atomic mass is 10.0. The van der Waals surface area contributed by atoms with Crippen molar-refractivity contribution in [2.24, 2.45) is 0 Å². The Hall–Kier alpha value is -1.76. The summed E-state index contributed by atoms with van der Waals surface area (Å²) in [5, 5.41) is 3.43. The Bertz CT molecular complexity index is 474. The third kappa shape index (κ3) is 3.35. The van der Waals surface area contributed by atoms with Gasteiger partial charge in [0.1, 0.15) is 0 Å². The SMILES string of the molecule is Cc1ccc(CCNc2ccccc2)cc1C. The minimum Gasteiger partial charge on any atom is -0.385 e. The van der Waals surface area contributed by atoms with Crippen LogP contribution in [0.2, 0.25) is 0 Å². The Balaban J connectivity index is 1.88. The fourth-order valence-electron chi connectivity index (χ4n) is 1.87. The summed E-state index contributed by atoms with van der Waals surface area (Å²) in [5.74, 6) is 0. The van der Waals surface area contributed by atoms with Crippen LogP contribution in [0.1, 0.15) is 16.7 Å². The van der Waals surface area contributed by atoms with Gasteiger partial charge in [0.15, 0.2) is 0 Å². The molecule has 0 spiro atoms. The molecule has 0 aromatic heterocycles. The molecule has 17 heavy (non-hydrogen) atoms. The van der Waals surface area contributed by atoms with E-state index in [9.17, 15) is 0 Å². The Kier molecular flexibility index (Phi) is 3.81. The first kappa shape index (κ1) is 11.7. The van der Waals surface area contributed by atoms with Gasteiger partial charge in [0.2, 0.25) is 0 Å². The molecule has 0 unspecified atom stereocenters. The van der Waals surface area contributed by atoms with Gasteiger partial charge in [-0.25, -0.2) is 0 Å². The molecule has 88 valence electrons. The fourth-order valence-corrected chi connectivity index (χ4v) is 1.87. The van der Waals surface area contributed by atoms with Gasteiger partial charge in [0.05, 0.1) is 0 Å². The normalized spacial score (nSPS) is 10.2. The van der Waals surface area contributed by atoms with Gasteiger partial charge in [-0.05, 0) is 49.1 Å². The zero-order chi connectivity index (χ0) is 12.1. The molecule has 0 aliphatic rings. The van der Waals surface area contributed by atoms with Crippen molar-refractivity contribution in [1.82, 2.24) is 0 Å². The Morgan fingerprint density at radius 3 is 2.35 bits per heavy atom. The van der Waals surface area contributed by atoms with Crippen LogP contribution >= 0.6 is 0 Å². The third-order valence-electron chi connectivity index (χ3n) is 3.09. The summed E-state index contributed by atoms with van der Waals surface area (Å²) in [6, 6.07) is 17.0. The predicted molar refractivity (Wildman–Crippen MR) is 74.6 cm³/mol. The van der Waals surface area contributed by atoms with Crippen LogP contribution in [0.3, 0.4) is 0 Å². The zero-order valence-corrected chi connectivity index (χ0v) is 10.5. The molecule has 0 fully saturated rings. The number of anilines is 1. The number of benzene rings is 2. The van der Waals surface area contributed by atoms with Gasteiger partial charge in [0, 0.05) is 12.2 Å². The average molecular weight is 225 g/mol. The van der Waals surface area contributed by atoms with Crippen LogP contribution in [0.15, 0.2) is 48.5 Å². The van der Waals surface area contributed by atoms with Crippen molar-refractivity contribution in [3.63, 3.8) is 0 Å². The number of para-hydroxylation sites is 1. The van der Waals surface area contributed by atoms with Crippen molar-refractivity contribution in [1.29, 1.82) is 0 Å². The maximum absolute atomic E-state index is 3.43. The molecule has 1 nitrogen and oxygen atoms in total. The van der Waals surface area contributed by atoms with E-state index in [1.807, 2.05) is 6.07 Å². The summed E-state index contributed by atoms with van der Waals surface area (Å²) in [6.07, 6.45) is 1.07. The lowest BCUT2D eigenvalue weighted by Gasteiger charge is -2.07. The molecule has 0 aliphatic carbocycles. The summed E-state index contributed by atoms with van der Waals surface area (Å²) in [4.78, 5) is 0. The second-order valence-electron chi connectivity index (χ2n) is 4.46. The third-order valence-corrected chi connectivity index (χ3v) is 3.09. The van der Waals surface area contributed by atoms with Crippen LogP contribution in [0.4, 0.5) is 5.69 Å². The Morgan fingerprint density at radius 2 is 1.65 bits per heavy atom. The van der Waals surface area contributed by atoms with E-state index in [0.717, 1.165) is 13.0 Å². The molecule has 0 atom stereocenters. The van der Waals surface area contributed by atoms with Gasteiger partial charge >= 0.3 is 0 Å². The molecule has 2 aromatic rings. The van der Waals surface area contributed by atoms with Crippen molar-refractivity contribution in [2.45, 2.75) is 20.3 Å². The largest absolute Gasteiger partial charge is 0.385 e. The number of rotatable bonds is 4. The van der Waals surface area contributed by atoms with Crippen LogP contribution in [0.25, 0.3) is 0 Å². The molecule has 2 aromatic carbocycles. The fraction of sp³-hybridized carbons (Fsp3) is 0.250. The van der Waals surface area contributed by atoms with Crippen molar-refractivity contribution in [3.05, 3.63) is 65.2 Å². The van der Waals surface area contributed by atoms with E-state index in [0.29, 0.717) is 0 Å². The highest BCUT2D eigenvalue weighted by Gasteiger charge is 1.96. The number of hydrogen-bond acceptors (Lipinski definition) is 1. The van der Waals surface area contributed by atoms with Gasteiger partial charge in [-0.3, -0.25) is 0 Å². The summed E-state index contributed by atoms with van der Waals surface area (Å²) in [6.45, 7) is 5.30. The first-order valence-electron chi connectivity index (χ1n) is 6.11. The first-order valence-corrected chi connectivity index (χ1v) is 6.11. The lowest BCUT2D eigenvalue weighted by Crippen LogP contribution is -2.04. The van der Waals surface area contributed by atoms with E-state index in [1.165, 1.54) is 22.4 Å². The standard InChI is InChI=1S/C16H19N/c1-13-8-9-15(12-14(13)2)10-11-17-16-6-4-3-5-7-16/h3-9,12,17H,10-11H2,1-2H3. The molecule has 1 heteroatoms. The Labute approximate surface area is 103 Å². The van der Waals surface area contributed by atoms with E-state index in [2.05, 4.69) is 61.6 Å². The molecule has 0 saturated heterocycles. The van der Waals surface area contributed by atoms with E-state index >= 15 is 0 Å². The molecule has 1 N–H and O–H groups in total. The summed E-state index contributed by atoms with van der Waals surface area (Å²) >= 11 is 0. The maximum Gasteiger partial charge on any atom is 0.0340 e. The monoisotopic (exact) mass is 225 g/mol. The topological polar surface area (TPSA) is 12.0 Å². The van der Waals surface area contributed by atoms with Crippen molar-refractivity contribution in [2.75, 3.05) is 11.9 Å². The summed E-state index contributed by atoms with van der Waals surface area (Å²) in [5.41, 5.74) is 5.33. The average Bonchev–Trinajstić information content (AvgIpc) is 2.35. The lowest BCUT2D eigenvalue weighted by molar-refractivity contribution is 1.01. The van der Waals surface area contributed by atoms with E-state index in [1.54, 1.807) is 0 Å². The van der Waals surface area contributed by atoms with Crippen LogP contribution in [0.5, 0.6) is 0 Å². The molecule has 2 rings (SSSR count). The number of hydrogen-bond donors (Lipinski definition) is 1. The first-order chi connectivity index (χ1) is 8.25. The van der Waals surface area contributed by atoms with Crippen molar-refractivity contribution in [3.8, 4) is 0 Å². The minimum atomic E-state index is 0.979. The van der Waals surface area contributed by atoms with E-state index in [-0.39, 0.29) is 0 Å². The van der Waals surface area contributed by atoms with Gasteiger partial charge in [-0.2, -0.15) is 0 Å². The number of nitrogens with one attached hydrogen (secondary N) is 1. The van der Waals surface area contributed by atoms with Crippen LogP contribution < -0.4 is 5.32 Å². The smallest absolute Gasteiger partial charge is 0.0340 e. The van der Waals surface area contributed by atoms with Crippen LogP contribution in [-0.4, -0.2) is 6.54 Å². The second-order valence-corrected chi connectivity index (χ2v) is 4.46. The highest BCUT2D eigenvalue weighted by Crippen LogP contribution is 2.11.